The molecule has 0 spiro atoms. The van der Waals surface area contributed by atoms with Crippen LogP contribution in [0.15, 0.2) is 42.5 Å². The van der Waals surface area contributed by atoms with E-state index in [1.54, 1.807) is 36.4 Å². The maximum atomic E-state index is 10.9. The molecule has 0 radical (unpaired) electrons. The standard InChI is InChI=1S/C10H9O3P.Ca/c11-14(12,13)10-7-3-5-8-4-1-2-6-9(8)10;/h1-7H,(H2,11,12,13);/q;+2/p-2. The Labute approximate surface area is 117 Å². The van der Waals surface area contributed by atoms with E-state index in [4.69, 9.17) is 0 Å². The molecule has 0 bridgehead atoms. The van der Waals surface area contributed by atoms with Gasteiger partial charge in [0.15, 0.2) is 0 Å². The van der Waals surface area contributed by atoms with Crippen molar-refractivity contribution >= 4 is 61.4 Å². The van der Waals surface area contributed by atoms with Crippen LogP contribution in [-0.2, 0) is 4.57 Å². The Morgan fingerprint density at radius 3 is 2.20 bits per heavy atom. The van der Waals surface area contributed by atoms with Gasteiger partial charge in [0.05, 0.1) is 0 Å². The summed E-state index contributed by atoms with van der Waals surface area (Å²) in [5.41, 5.74) is 0. The third kappa shape index (κ3) is 2.82. The number of benzene rings is 2. The summed E-state index contributed by atoms with van der Waals surface area (Å²) < 4.78 is 10.9. The van der Waals surface area contributed by atoms with Crippen LogP contribution >= 0.6 is 7.60 Å². The van der Waals surface area contributed by atoms with Crippen molar-refractivity contribution in [3.8, 4) is 0 Å². The van der Waals surface area contributed by atoms with Crippen molar-refractivity contribution in [2.75, 3.05) is 0 Å². The van der Waals surface area contributed by atoms with E-state index >= 15 is 0 Å². The van der Waals surface area contributed by atoms with Gasteiger partial charge in [0.25, 0.3) is 0 Å². The van der Waals surface area contributed by atoms with Gasteiger partial charge in [-0.2, -0.15) is 0 Å². The van der Waals surface area contributed by atoms with Crippen LogP contribution in [0.5, 0.6) is 0 Å². The number of rotatable bonds is 1. The molecule has 0 atom stereocenters. The zero-order valence-corrected chi connectivity index (χ0v) is 11.0. The van der Waals surface area contributed by atoms with Crippen molar-refractivity contribution in [3.63, 3.8) is 0 Å². The first-order valence-electron chi connectivity index (χ1n) is 4.09. The van der Waals surface area contributed by atoms with Crippen molar-refractivity contribution in [2.45, 2.75) is 0 Å². The average molecular weight is 246 g/mol. The van der Waals surface area contributed by atoms with Gasteiger partial charge in [-0.1, -0.05) is 42.5 Å². The average Bonchev–Trinajstić information content (AvgIpc) is 2.15. The summed E-state index contributed by atoms with van der Waals surface area (Å²) in [6.07, 6.45) is 0. The SMILES string of the molecule is O=P([O-])([O-])c1cccc2ccccc12.[Ca+2]. The summed E-state index contributed by atoms with van der Waals surface area (Å²) in [6, 6.07) is 11.6. The summed E-state index contributed by atoms with van der Waals surface area (Å²) in [7, 11) is -4.66. The first-order valence-corrected chi connectivity index (χ1v) is 5.64. The molecule has 0 aromatic heterocycles. The maximum absolute atomic E-state index is 10.9. The zero-order chi connectivity index (χ0) is 10.2. The van der Waals surface area contributed by atoms with E-state index in [-0.39, 0.29) is 43.0 Å². The van der Waals surface area contributed by atoms with Gasteiger partial charge in [0.1, 0.15) is 0 Å². The summed E-state index contributed by atoms with van der Waals surface area (Å²) in [5, 5.41) is 1.12. The molecular weight excluding hydrogens is 239 g/mol. The minimum atomic E-state index is -4.66. The van der Waals surface area contributed by atoms with Crippen LogP contribution in [0.2, 0.25) is 0 Å². The Balaban J connectivity index is 0.00000112. The van der Waals surface area contributed by atoms with Gasteiger partial charge >= 0.3 is 37.7 Å². The zero-order valence-electron chi connectivity index (χ0n) is 7.92. The third-order valence-electron chi connectivity index (χ3n) is 2.06. The minimum absolute atomic E-state index is 0. The van der Waals surface area contributed by atoms with Crippen molar-refractivity contribution in [1.82, 2.24) is 0 Å². The van der Waals surface area contributed by atoms with Crippen molar-refractivity contribution in [1.29, 1.82) is 0 Å². The molecule has 3 nitrogen and oxygen atoms in total. The first-order chi connectivity index (χ1) is 6.59. The molecule has 2 rings (SSSR count). The van der Waals surface area contributed by atoms with Crippen molar-refractivity contribution < 1.29 is 14.4 Å². The number of hydrogen-bond acceptors (Lipinski definition) is 3. The monoisotopic (exact) mass is 246 g/mol. The predicted octanol–water partition coefficient (Wildman–Crippen LogP) is -0.00200. The largest absolute Gasteiger partial charge is 2.00 e. The second-order valence-corrected chi connectivity index (χ2v) is 4.47. The molecule has 0 aliphatic heterocycles. The van der Waals surface area contributed by atoms with Gasteiger partial charge in [-0.15, -0.1) is 0 Å². The van der Waals surface area contributed by atoms with E-state index < -0.39 is 7.60 Å². The Hall–Kier alpha value is 0.110. The van der Waals surface area contributed by atoms with Gasteiger partial charge in [-0.25, -0.2) is 0 Å². The summed E-state index contributed by atoms with van der Waals surface area (Å²) in [6.45, 7) is 0. The van der Waals surface area contributed by atoms with E-state index in [1.807, 2.05) is 0 Å². The van der Waals surface area contributed by atoms with Crippen LogP contribution in [-0.4, -0.2) is 37.7 Å². The summed E-state index contributed by atoms with van der Waals surface area (Å²) >= 11 is 0. The molecule has 0 N–H and O–H groups in total. The van der Waals surface area contributed by atoms with Gasteiger partial charge in [-0.05, 0) is 23.7 Å². The van der Waals surface area contributed by atoms with E-state index in [1.165, 1.54) is 6.07 Å². The van der Waals surface area contributed by atoms with Crippen LogP contribution in [0.4, 0.5) is 0 Å². The third-order valence-corrected chi connectivity index (χ3v) is 3.04. The van der Waals surface area contributed by atoms with Crippen LogP contribution in [0, 0.1) is 0 Å². The number of fused-ring (bicyclic) bond motifs is 1. The maximum Gasteiger partial charge on any atom is 2.00 e. The van der Waals surface area contributed by atoms with Crippen LogP contribution in [0.25, 0.3) is 10.8 Å². The van der Waals surface area contributed by atoms with Gasteiger partial charge in [0, 0.05) is 0 Å². The van der Waals surface area contributed by atoms with E-state index in [9.17, 15) is 14.4 Å². The Morgan fingerprint density at radius 1 is 0.933 bits per heavy atom. The topological polar surface area (TPSA) is 63.2 Å². The second kappa shape index (κ2) is 4.96. The molecule has 0 fully saturated rings. The van der Waals surface area contributed by atoms with E-state index in [2.05, 4.69) is 0 Å². The second-order valence-electron chi connectivity index (χ2n) is 3.00. The molecule has 2 aromatic rings. The summed E-state index contributed by atoms with van der Waals surface area (Å²) in [4.78, 5) is 21.8. The van der Waals surface area contributed by atoms with Crippen LogP contribution in [0.1, 0.15) is 0 Å². The van der Waals surface area contributed by atoms with Crippen molar-refractivity contribution in [3.05, 3.63) is 42.5 Å². The molecule has 2 aromatic carbocycles. The fraction of sp³-hybridized carbons (Fsp3) is 0. The van der Waals surface area contributed by atoms with Gasteiger partial charge in [-0.3, -0.25) is 0 Å². The van der Waals surface area contributed by atoms with E-state index in [0.717, 1.165) is 5.39 Å². The molecule has 0 saturated heterocycles. The fourth-order valence-electron chi connectivity index (χ4n) is 1.45. The fourth-order valence-corrected chi connectivity index (χ4v) is 2.21. The molecule has 0 saturated carbocycles. The van der Waals surface area contributed by atoms with Crippen LogP contribution in [0.3, 0.4) is 0 Å². The molecule has 0 amide bonds. The molecule has 5 heteroatoms. The Morgan fingerprint density at radius 2 is 1.53 bits per heavy atom. The van der Waals surface area contributed by atoms with E-state index in [0.29, 0.717) is 5.39 Å². The molecule has 0 aliphatic carbocycles. The Kier molecular flexibility index (Phi) is 4.36. The smallest absolute Gasteiger partial charge is 0.807 e. The molecule has 0 aliphatic rings. The molecule has 0 heterocycles. The minimum Gasteiger partial charge on any atom is -0.807 e. The van der Waals surface area contributed by atoms with Gasteiger partial charge < -0.3 is 14.4 Å². The molecule has 0 unspecified atom stereocenters. The molecular formula is C10H7CaO3P. The molecule has 72 valence electrons. The normalized spacial score (nSPS) is 11.1. The number of hydrogen-bond donors (Lipinski definition) is 0. The Bertz CT molecular complexity index is 516. The molecule has 15 heavy (non-hydrogen) atoms. The van der Waals surface area contributed by atoms with Crippen LogP contribution < -0.4 is 15.1 Å². The summed E-state index contributed by atoms with van der Waals surface area (Å²) in [5.74, 6) is 0. The predicted molar refractivity (Wildman–Crippen MR) is 56.9 cm³/mol. The first kappa shape index (κ1) is 13.2. The quantitative estimate of drug-likeness (QED) is 0.525. The van der Waals surface area contributed by atoms with Crippen molar-refractivity contribution in [2.24, 2.45) is 0 Å². The van der Waals surface area contributed by atoms with Gasteiger partial charge in [0.2, 0.25) is 0 Å².